The summed E-state index contributed by atoms with van der Waals surface area (Å²) in [7, 11) is 0.962. The summed E-state index contributed by atoms with van der Waals surface area (Å²) in [6.07, 6.45) is 1.34. The molecule has 1 heterocycles. The second-order valence-electron chi connectivity index (χ2n) is 6.97. The molecule has 3 rings (SSSR count). The van der Waals surface area contributed by atoms with Crippen LogP contribution in [0.3, 0.4) is 0 Å². The van der Waals surface area contributed by atoms with Gasteiger partial charge in [0.2, 0.25) is 10.0 Å². The monoisotopic (exact) mass is 534 g/mol. The van der Waals surface area contributed by atoms with Crippen LogP contribution >= 0.6 is 24.0 Å². The Hall–Kier alpha value is -2.44. The Morgan fingerprint density at radius 1 is 1.12 bits per heavy atom. The van der Waals surface area contributed by atoms with Gasteiger partial charge in [-0.2, -0.15) is 0 Å². The Labute approximate surface area is 208 Å². The van der Waals surface area contributed by atoms with Gasteiger partial charge < -0.3 is 19.5 Å². The van der Waals surface area contributed by atoms with Crippen molar-refractivity contribution in [2.75, 3.05) is 52.1 Å². The summed E-state index contributed by atoms with van der Waals surface area (Å²) < 4.78 is 55.8. The standard InChI is InChI=1S/C21H24ClFN4O5S.ClH/c1-27(33(28,29)9-8-30-2)6-7-32-20-12-18-15(11-19(20)31-3)21(25-13-24-18)26-17-5-4-14(22)10-16(17)23;/h4-5,10-13H,6-9H2,1-3H3,(H,24,25,26);1H. The highest BCUT2D eigenvalue weighted by molar-refractivity contribution is 7.89. The smallest absolute Gasteiger partial charge is 0.216 e. The number of nitrogens with one attached hydrogen (secondary N) is 1. The van der Waals surface area contributed by atoms with E-state index in [1.165, 1.54) is 44.0 Å². The van der Waals surface area contributed by atoms with E-state index in [1.54, 1.807) is 18.2 Å². The van der Waals surface area contributed by atoms with E-state index in [2.05, 4.69) is 15.3 Å². The molecule has 0 amide bonds. The number of nitrogens with zero attached hydrogens (tertiary/aromatic N) is 3. The summed E-state index contributed by atoms with van der Waals surface area (Å²) in [4.78, 5) is 8.46. The molecule has 0 aliphatic rings. The van der Waals surface area contributed by atoms with Crippen LogP contribution in [0.4, 0.5) is 15.9 Å². The number of ether oxygens (including phenoxy) is 3. The highest BCUT2D eigenvalue weighted by atomic mass is 35.5. The van der Waals surface area contributed by atoms with Gasteiger partial charge in [-0.3, -0.25) is 0 Å². The fraction of sp³-hybridized carbons (Fsp3) is 0.333. The van der Waals surface area contributed by atoms with E-state index in [0.717, 1.165) is 0 Å². The molecule has 34 heavy (non-hydrogen) atoms. The van der Waals surface area contributed by atoms with Crippen LogP contribution in [0.1, 0.15) is 0 Å². The first-order chi connectivity index (χ1) is 15.7. The van der Waals surface area contributed by atoms with Gasteiger partial charge in [0, 0.05) is 37.2 Å². The Morgan fingerprint density at radius 2 is 1.88 bits per heavy atom. The Morgan fingerprint density at radius 3 is 2.56 bits per heavy atom. The molecular weight excluding hydrogens is 510 g/mol. The summed E-state index contributed by atoms with van der Waals surface area (Å²) >= 11 is 5.81. The van der Waals surface area contributed by atoms with Crippen molar-refractivity contribution in [2.45, 2.75) is 0 Å². The van der Waals surface area contributed by atoms with Gasteiger partial charge in [0.05, 0.1) is 30.7 Å². The average Bonchev–Trinajstić information content (AvgIpc) is 2.79. The molecule has 0 saturated carbocycles. The minimum Gasteiger partial charge on any atom is -0.493 e. The number of rotatable bonds is 11. The molecule has 1 aromatic heterocycles. The van der Waals surface area contributed by atoms with Crippen molar-refractivity contribution in [1.82, 2.24) is 14.3 Å². The first kappa shape index (κ1) is 27.8. The van der Waals surface area contributed by atoms with E-state index in [4.69, 9.17) is 25.8 Å². The minimum absolute atomic E-state index is 0. The maximum Gasteiger partial charge on any atom is 0.216 e. The van der Waals surface area contributed by atoms with E-state index in [1.807, 2.05) is 0 Å². The second kappa shape index (κ2) is 12.3. The Bertz CT molecular complexity index is 1230. The van der Waals surface area contributed by atoms with Gasteiger partial charge in [0.1, 0.15) is 24.6 Å². The number of sulfonamides is 1. The SMILES string of the molecule is COCCS(=O)(=O)N(C)CCOc1cc2ncnc(Nc3ccc(Cl)cc3F)c2cc1OC.Cl. The number of aromatic nitrogens is 2. The van der Waals surface area contributed by atoms with E-state index in [-0.39, 0.29) is 48.6 Å². The third-order valence-electron chi connectivity index (χ3n) is 4.79. The predicted octanol–water partition coefficient (Wildman–Crippen LogP) is 3.88. The van der Waals surface area contributed by atoms with Gasteiger partial charge >= 0.3 is 0 Å². The number of hydrogen-bond donors (Lipinski definition) is 1. The summed E-state index contributed by atoms with van der Waals surface area (Å²) in [5, 5.41) is 3.80. The zero-order valence-electron chi connectivity index (χ0n) is 18.7. The number of halogens is 3. The van der Waals surface area contributed by atoms with Gasteiger partial charge in [0.15, 0.2) is 11.5 Å². The minimum atomic E-state index is -3.44. The quantitative estimate of drug-likeness (QED) is 0.395. The van der Waals surface area contributed by atoms with Crippen LogP contribution < -0.4 is 14.8 Å². The van der Waals surface area contributed by atoms with Gasteiger partial charge in [-0.25, -0.2) is 27.1 Å². The Balaban J connectivity index is 0.00000408. The van der Waals surface area contributed by atoms with E-state index >= 15 is 0 Å². The zero-order valence-corrected chi connectivity index (χ0v) is 21.1. The second-order valence-corrected chi connectivity index (χ2v) is 9.60. The van der Waals surface area contributed by atoms with Crippen molar-refractivity contribution >= 4 is 56.4 Å². The maximum atomic E-state index is 14.2. The molecular formula is C21H25Cl2FN4O5S. The molecule has 0 aliphatic carbocycles. The molecule has 0 aliphatic heterocycles. The van der Waals surface area contributed by atoms with Crippen molar-refractivity contribution in [3.63, 3.8) is 0 Å². The van der Waals surface area contributed by atoms with Gasteiger partial charge in [-0.1, -0.05) is 11.6 Å². The van der Waals surface area contributed by atoms with Crippen LogP contribution in [0.5, 0.6) is 11.5 Å². The molecule has 13 heteroatoms. The number of benzene rings is 2. The van der Waals surface area contributed by atoms with Crippen LogP contribution in [-0.4, -0.2) is 69.5 Å². The summed E-state index contributed by atoms with van der Waals surface area (Å²) in [5.41, 5.74) is 0.732. The normalized spacial score (nSPS) is 11.4. The largest absolute Gasteiger partial charge is 0.493 e. The lowest BCUT2D eigenvalue weighted by Crippen LogP contribution is -2.34. The van der Waals surface area contributed by atoms with Crippen LogP contribution in [0.15, 0.2) is 36.7 Å². The van der Waals surface area contributed by atoms with Crippen molar-refractivity contribution in [2.24, 2.45) is 0 Å². The molecule has 9 nitrogen and oxygen atoms in total. The van der Waals surface area contributed by atoms with Crippen LogP contribution in [0, 0.1) is 5.82 Å². The summed E-state index contributed by atoms with van der Waals surface area (Å²) in [6.45, 7) is 0.346. The molecule has 2 aromatic carbocycles. The lowest BCUT2D eigenvalue weighted by Gasteiger charge is -2.18. The fourth-order valence-electron chi connectivity index (χ4n) is 2.92. The number of hydrogen-bond acceptors (Lipinski definition) is 8. The predicted molar refractivity (Wildman–Crippen MR) is 132 cm³/mol. The molecule has 0 unspecified atom stereocenters. The number of anilines is 2. The maximum absolute atomic E-state index is 14.2. The number of methoxy groups -OCH3 is 2. The highest BCUT2D eigenvalue weighted by Crippen LogP contribution is 2.35. The zero-order chi connectivity index (χ0) is 24.0. The molecule has 186 valence electrons. The summed E-state index contributed by atoms with van der Waals surface area (Å²) in [5.74, 6) is 0.512. The molecule has 0 bridgehead atoms. The van der Waals surface area contributed by atoms with E-state index < -0.39 is 15.8 Å². The Kier molecular flexibility index (Phi) is 10.1. The molecule has 0 radical (unpaired) electrons. The van der Waals surface area contributed by atoms with Crippen LogP contribution in [0.2, 0.25) is 5.02 Å². The van der Waals surface area contributed by atoms with Crippen LogP contribution in [0.25, 0.3) is 10.9 Å². The average molecular weight is 535 g/mol. The lowest BCUT2D eigenvalue weighted by molar-refractivity contribution is 0.215. The van der Waals surface area contributed by atoms with Gasteiger partial charge in [-0.05, 0) is 24.3 Å². The lowest BCUT2D eigenvalue weighted by atomic mass is 10.2. The molecule has 1 N–H and O–H groups in total. The fourth-order valence-corrected chi connectivity index (χ4v) is 4.12. The highest BCUT2D eigenvalue weighted by Gasteiger charge is 2.18. The van der Waals surface area contributed by atoms with Gasteiger partial charge in [-0.15, -0.1) is 12.4 Å². The van der Waals surface area contributed by atoms with Crippen molar-refractivity contribution in [3.05, 3.63) is 47.5 Å². The van der Waals surface area contributed by atoms with Crippen molar-refractivity contribution in [3.8, 4) is 11.5 Å². The topological polar surface area (TPSA) is 103 Å². The van der Waals surface area contributed by atoms with E-state index in [9.17, 15) is 12.8 Å². The number of fused-ring (bicyclic) bond motifs is 1. The molecule has 0 spiro atoms. The molecule has 3 aromatic rings. The third kappa shape index (κ3) is 6.80. The van der Waals surface area contributed by atoms with Crippen molar-refractivity contribution < 1.29 is 27.0 Å². The first-order valence-electron chi connectivity index (χ1n) is 9.85. The summed E-state index contributed by atoms with van der Waals surface area (Å²) in [6, 6.07) is 7.59. The van der Waals surface area contributed by atoms with Crippen molar-refractivity contribution in [1.29, 1.82) is 0 Å². The first-order valence-corrected chi connectivity index (χ1v) is 11.8. The van der Waals surface area contributed by atoms with E-state index in [0.29, 0.717) is 28.2 Å². The third-order valence-corrected chi connectivity index (χ3v) is 6.84. The van der Waals surface area contributed by atoms with Crippen LogP contribution in [-0.2, 0) is 14.8 Å². The molecule has 0 fully saturated rings. The van der Waals surface area contributed by atoms with Gasteiger partial charge in [0.25, 0.3) is 0 Å². The molecule has 0 saturated heterocycles. The number of likely N-dealkylation sites (N-methyl/N-ethyl adjacent to an activating group) is 1. The molecule has 0 atom stereocenters.